The number of amides is 4. The Balaban J connectivity index is 1.58. The summed E-state index contributed by atoms with van der Waals surface area (Å²) in [5.74, 6) is 4.14. The fourth-order valence-corrected chi connectivity index (χ4v) is 3.98. The van der Waals surface area contributed by atoms with Crippen molar-refractivity contribution in [3.63, 3.8) is 0 Å². The molecule has 1 aromatic rings. The first-order valence-electron chi connectivity index (χ1n) is 9.62. The van der Waals surface area contributed by atoms with Crippen LogP contribution in [0.5, 0.6) is 0 Å². The summed E-state index contributed by atoms with van der Waals surface area (Å²) in [6, 6.07) is 4.04. The number of nitrogens with zero attached hydrogens (tertiary/aromatic N) is 2. The van der Waals surface area contributed by atoms with Gasteiger partial charge in [0.15, 0.2) is 0 Å². The van der Waals surface area contributed by atoms with E-state index in [-0.39, 0.29) is 29.9 Å². The topological polar surface area (TPSA) is 86.8 Å². The Morgan fingerprint density at radius 2 is 1.82 bits per heavy atom. The normalized spacial score (nSPS) is 22.6. The molecule has 4 amide bonds. The predicted molar refractivity (Wildman–Crippen MR) is 100 cm³/mol. The van der Waals surface area contributed by atoms with Crippen LogP contribution in [0.2, 0.25) is 0 Å². The van der Waals surface area contributed by atoms with Gasteiger partial charge in [0.05, 0.1) is 17.7 Å². The Morgan fingerprint density at radius 1 is 1.04 bits per heavy atom. The molecule has 1 atom stereocenters. The third-order valence-corrected chi connectivity index (χ3v) is 5.44. The fourth-order valence-electron chi connectivity index (χ4n) is 3.98. The van der Waals surface area contributed by atoms with E-state index in [4.69, 9.17) is 0 Å². The molecule has 1 unspecified atom stereocenters. The Morgan fingerprint density at radius 3 is 2.57 bits per heavy atom. The van der Waals surface area contributed by atoms with Crippen molar-refractivity contribution in [2.45, 2.75) is 38.1 Å². The first-order chi connectivity index (χ1) is 13.6. The number of hydrogen-bond donors (Lipinski definition) is 1. The zero-order chi connectivity index (χ0) is 19.7. The Bertz CT molecular complexity index is 921. The number of hydrogen-bond acceptors (Lipinski definition) is 5. The van der Waals surface area contributed by atoms with Crippen molar-refractivity contribution in [1.29, 1.82) is 0 Å². The molecule has 2 fully saturated rings. The third kappa shape index (κ3) is 3.32. The minimum atomic E-state index is -0.959. The number of carbonyl (C=O) groups excluding carboxylic acids is 4. The van der Waals surface area contributed by atoms with Crippen LogP contribution in [0.3, 0.4) is 0 Å². The molecule has 0 aliphatic carbocycles. The van der Waals surface area contributed by atoms with Gasteiger partial charge in [-0.1, -0.05) is 24.3 Å². The van der Waals surface area contributed by atoms with Crippen molar-refractivity contribution >= 4 is 23.6 Å². The molecular weight excluding hydrogens is 358 g/mol. The van der Waals surface area contributed by atoms with Crippen molar-refractivity contribution in [2.75, 3.05) is 19.6 Å². The van der Waals surface area contributed by atoms with Gasteiger partial charge in [-0.2, -0.15) is 0 Å². The van der Waals surface area contributed by atoms with E-state index in [1.807, 2.05) is 0 Å². The number of likely N-dealkylation sites (tertiary alicyclic amines) is 1. The lowest BCUT2D eigenvalue weighted by Crippen LogP contribution is -2.54. The number of imide groups is 2. The molecule has 1 N–H and O–H groups in total. The minimum absolute atomic E-state index is 0.103. The van der Waals surface area contributed by atoms with Crippen LogP contribution < -0.4 is 5.32 Å². The van der Waals surface area contributed by atoms with E-state index in [0.29, 0.717) is 12.1 Å². The van der Waals surface area contributed by atoms with Crippen molar-refractivity contribution < 1.29 is 19.2 Å². The van der Waals surface area contributed by atoms with Gasteiger partial charge in [-0.05, 0) is 44.5 Å². The van der Waals surface area contributed by atoms with Gasteiger partial charge >= 0.3 is 0 Å². The second kappa shape index (κ2) is 7.56. The maximum absolute atomic E-state index is 13.0. The lowest BCUT2D eigenvalue weighted by Gasteiger charge is -2.27. The van der Waals surface area contributed by atoms with Gasteiger partial charge in [-0.3, -0.25) is 34.3 Å². The zero-order valence-electron chi connectivity index (χ0n) is 15.5. The van der Waals surface area contributed by atoms with Gasteiger partial charge in [0.1, 0.15) is 6.04 Å². The highest BCUT2D eigenvalue weighted by molar-refractivity contribution is 6.24. The summed E-state index contributed by atoms with van der Waals surface area (Å²) in [5, 5.41) is 2.20. The molecule has 28 heavy (non-hydrogen) atoms. The van der Waals surface area contributed by atoms with E-state index in [0.717, 1.165) is 18.0 Å². The molecule has 0 bridgehead atoms. The largest absolute Gasteiger partial charge is 0.295 e. The Labute approximate surface area is 163 Å². The minimum Gasteiger partial charge on any atom is -0.295 e. The summed E-state index contributed by atoms with van der Waals surface area (Å²) in [6.07, 6.45) is 3.86. The van der Waals surface area contributed by atoms with Crippen molar-refractivity contribution in [3.8, 4) is 11.8 Å². The second-order valence-electron chi connectivity index (χ2n) is 7.31. The molecule has 1 aromatic carbocycles. The standard InChI is InChI=1S/C21H21N3O4/c25-17-10-9-16(19(26)22-17)24-20(27)15-8-4-6-14(18(15)21(24)28)7-5-13-23-11-2-1-3-12-23/h4,6,8,16H,1-3,9-13H2,(H,22,25,26). The highest BCUT2D eigenvalue weighted by Crippen LogP contribution is 2.29. The second-order valence-corrected chi connectivity index (χ2v) is 7.31. The maximum atomic E-state index is 13.0. The number of piperidine rings is 2. The lowest BCUT2D eigenvalue weighted by molar-refractivity contribution is -0.136. The molecule has 7 nitrogen and oxygen atoms in total. The van der Waals surface area contributed by atoms with E-state index in [1.54, 1.807) is 18.2 Å². The monoisotopic (exact) mass is 379 g/mol. The Hall–Kier alpha value is -2.98. The molecule has 3 aliphatic heterocycles. The van der Waals surface area contributed by atoms with Crippen LogP contribution >= 0.6 is 0 Å². The molecule has 3 heterocycles. The average Bonchev–Trinajstić information content (AvgIpc) is 2.94. The number of benzene rings is 1. The summed E-state index contributed by atoms with van der Waals surface area (Å²) in [4.78, 5) is 52.6. The summed E-state index contributed by atoms with van der Waals surface area (Å²) < 4.78 is 0. The summed E-state index contributed by atoms with van der Waals surface area (Å²) in [5.41, 5.74) is 1.02. The molecule has 0 aromatic heterocycles. The first kappa shape index (κ1) is 18.4. The average molecular weight is 379 g/mol. The summed E-state index contributed by atoms with van der Waals surface area (Å²) in [7, 11) is 0. The first-order valence-corrected chi connectivity index (χ1v) is 9.62. The number of carbonyl (C=O) groups is 4. The highest BCUT2D eigenvalue weighted by Gasteiger charge is 2.45. The molecule has 7 heteroatoms. The number of fused-ring (bicyclic) bond motifs is 1. The smallest absolute Gasteiger partial charge is 0.263 e. The van der Waals surface area contributed by atoms with Gasteiger partial charge < -0.3 is 0 Å². The molecule has 4 rings (SSSR count). The predicted octanol–water partition coefficient (Wildman–Crippen LogP) is 0.925. The SMILES string of the molecule is O=C1CCC(N2C(=O)c3cccc(C#CCN4CCCCC4)c3C2=O)C(=O)N1. The molecule has 0 radical (unpaired) electrons. The van der Waals surface area contributed by atoms with E-state index >= 15 is 0 Å². The summed E-state index contributed by atoms with van der Waals surface area (Å²) in [6.45, 7) is 2.69. The van der Waals surface area contributed by atoms with Crippen molar-refractivity contribution in [1.82, 2.24) is 15.1 Å². The van der Waals surface area contributed by atoms with Crippen LogP contribution in [0.25, 0.3) is 0 Å². The molecule has 3 aliphatic rings. The van der Waals surface area contributed by atoms with Gasteiger partial charge in [0.25, 0.3) is 11.8 Å². The number of nitrogens with one attached hydrogen (secondary N) is 1. The van der Waals surface area contributed by atoms with Crippen molar-refractivity contribution in [3.05, 3.63) is 34.9 Å². The van der Waals surface area contributed by atoms with Crippen LogP contribution in [0.15, 0.2) is 18.2 Å². The van der Waals surface area contributed by atoms with Crippen LogP contribution in [0, 0.1) is 11.8 Å². The molecule has 2 saturated heterocycles. The van der Waals surface area contributed by atoms with E-state index in [9.17, 15) is 19.2 Å². The van der Waals surface area contributed by atoms with Gasteiger partial charge in [0, 0.05) is 12.0 Å². The highest BCUT2D eigenvalue weighted by atomic mass is 16.2. The van der Waals surface area contributed by atoms with Crippen LogP contribution in [0.1, 0.15) is 58.4 Å². The van der Waals surface area contributed by atoms with Gasteiger partial charge in [-0.25, -0.2) is 0 Å². The maximum Gasteiger partial charge on any atom is 0.263 e. The van der Waals surface area contributed by atoms with E-state index in [1.165, 1.54) is 19.3 Å². The van der Waals surface area contributed by atoms with Crippen LogP contribution in [-0.2, 0) is 9.59 Å². The van der Waals surface area contributed by atoms with E-state index in [2.05, 4.69) is 22.1 Å². The molecule has 0 saturated carbocycles. The van der Waals surface area contributed by atoms with E-state index < -0.39 is 23.8 Å². The molecule has 0 spiro atoms. The quantitative estimate of drug-likeness (QED) is 0.610. The molecule has 144 valence electrons. The van der Waals surface area contributed by atoms with Gasteiger partial charge in [0.2, 0.25) is 11.8 Å². The van der Waals surface area contributed by atoms with Crippen molar-refractivity contribution in [2.24, 2.45) is 0 Å². The molecular formula is C21H21N3O4. The zero-order valence-corrected chi connectivity index (χ0v) is 15.5. The Kier molecular flexibility index (Phi) is 4.97. The number of rotatable bonds is 2. The third-order valence-electron chi connectivity index (χ3n) is 5.44. The lowest BCUT2D eigenvalue weighted by atomic mass is 10.0. The summed E-state index contributed by atoms with van der Waals surface area (Å²) >= 11 is 0. The fraction of sp³-hybridized carbons (Fsp3) is 0.429. The van der Waals surface area contributed by atoms with Gasteiger partial charge in [-0.15, -0.1) is 0 Å². The van der Waals surface area contributed by atoms with Crippen LogP contribution in [-0.4, -0.2) is 59.1 Å². The van der Waals surface area contributed by atoms with Crippen LogP contribution in [0.4, 0.5) is 0 Å².